The summed E-state index contributed by atoms with van der Waals surface area (Å²) in [7, 11) is 1.56. The molecule has 0 atom stereocenters. The van der Waals surface area contributed by atoms with E-state index in [4.69, 9.17) is 24.1 Å². The number of aromatic nitrogens is 4. The summed E-state index contributed by atoms with van der Waals surface area (Å²) in [6, 6.07) is 3.81. The third kappa shape index (κ3) is 6.35. The van der Waals surface area contributed by atoms with Crippen LogP contribution in [0.2, 0.25) is 0 Å². The normalized spacial score (nSPS) is 15.6. The summed E-state index contributed by atoms with van der Waals surface area (Å²) >= 11 is 0. The van der Waals surface area contributed by atoms with E-state index in [1.54, 1.807) is 7.11 Å². The van der Waals surface area contributed by atoms with E-state index < -0.39 is 6.09 Å². The Morgan fingerprint density at radius 2 is 2.05 bits per heavy atom. The number of morpholine rings is 1. The number of carbonyl (C=O) groups is 1. The van der Waals surface area contributed by atoms with Gasteiger partial charge in [0.1, 0.15) is 11.3 Å². The maximum Gasteiger partial charge on any atom is 0.442 e. The van der Waals surface area contributed by atoms with E-state index in [1.807, 2.05) is 16.7 Å². The fourth-order valence-corrected chi connectivity index (χ4v) is 4.47. The molecule has 208 valence electrons. The van der Waals surface area contributed by atoms with Crippen LogP contribution in [0.25, 0.3) is 10.9 Å². The molecule has 2 aromatic heterocycles. The number of anilines is 2. The number of methoxy groups -OCH3 is 1. The number of rotatable bonds is 10. The van der Waals surface area contributed by atoms with Crippen LogP contribution in [0.4, 0.5) is 16.6 Å². The third-order valence-electron chi connectivity index (χ3n) is 6.31. The molecule has 0 spiro atoms. The second kappa shape index (κ2) is 12.7. The molecular formula is C25H32N8O6. The fraction of sp³-hybridized carbons (Fsp3) is 0.480. The predicted molar refractivity (Wildman–Crippen MR) is 141 cm³/mol. The van der Waals surface area contributed by atoms with Gasteiger partial charge >= 0.3 is 6.09 Å². The molecule has 0 aliphatic carbocycles. The molecule has 2 aliphatic heterocycles. The molecule has 0 unspecified atom stereocenters. The van der Waals surface area contributed by atoms with E-state index in [0.717, 1.165) is 50.5 Å². The standard InChI is InChI=1S/C25H32N8O6/c1-36-21-19(38-12-2-7-32-9-13-37-14-10-32)4-3-18-20(21)30-24(33-8-5-26-22(18)33)31-25(35)39-17-15-28-23(29-16-17)27-6-11-34/h3-4,15-16,26,34H,2,5-14H2,1H3,(H,27,28,29). The molecule has 1 amide bonds. The second-order valence-electron chi connectivity index (χ2n) is 8.86. The quantitative estimate of drug-likeness (QED) is 0.312. The van der Waals surface area contributed by atoms with Crippen LogP contribution in [0.15, 0.2) is 29.5 Å². The van der Waals surface area contributed by atoms with Crippen LogP contribution in [0.5, 0.6) is 17.2 Å². The zero-order valence-corrected chi connectivity index (χ0v) is 21.8. The van der Waals surface area contributed by atoms with Gasteiger partial charge in [-0.2, -0.15) is 0 Å². The average Bonchev–Trinajstić information content (AvgIpc) is 3.46. The van der Waals surface area contributed by atoms with E-state index in [0.29, 0.717) is 49.2 Å². The number of hydrogen-bond acceptors (Lipinski definition) is 12. The maximum absolute atomic E-state index is 12.7. The molecule has 2 aliphatic rings. The van der Waals surface area contributed by atoms with Crippen molar-refractivity contribution in [1.82, 2.24) is 24.4 Å². The van der Waals surface area contributed by atoms with Crippen molar-refractivity contribution in [3.05, 3.63) is 30.1 Å². The summed E-state index contributed by atoms with van der Waals surface area (Å²) < 4.78 is 24.3. The number of nitrogens with one attached hydrogen (secondary N) is 2. The average molecular weight is 541 g/mol. The lowest BCUT2D eigenvalue weighted by atomic mass is 10.2. The van der Waals surface area contributed by atoms with E-state index in [1.165, 1.54) is 12.4 Å². The van der Waals surface area contributed by atoms with E-state index in [9.17, 15) is 4.79 Å². The molecule has 3 N–H and O–H groups in total. The summed E-state index contributed by atoms with van der Waals surface area (Å²) in [6.07, 6.45) is 2.69. The lowest BCUT2D eigenvalue weighted by Gasteiger charge is -2.26. The molecule has 0 saturated carbocycles. The Kier molecular flexibility index (Phi) is 8.65. The number of aliphatic hydroxyl groups is 1. The van der Waals surface area contributed by atoms with Gasteiger partial charge in [0, 0.05) is 44.7 Å². The highest BCUT2D eigenvalue weighted by Gasteiger charge is 2.21. The summed E-state index contributed by atoms with van der Waals surface area (Å²) in [6.45, 7) is 6.38. The Morgan fingerprint density at radius 1 is 1.23 bits per heavy atom. The molecule has 39 heavy (non-hydrogen) atoms. The topological polar surface area (TPSA) is 157 Å². The second-order valence-corrected chi connectivity index (χ2v) is 8.86. The van der Waals surface area contributed by atoms with Crippen molar-refractivity contribution < 1.29 is 28.8 Å². The molecule has 14 nitrogen and oxygen atoms in total. The van der Waals surface area contributed by atoms with Crippen LogP contribution >= 0.6 is 0 Å². The minimum atomic E-state index is -0.863. The zero-order chi connectivity index (χ0) is 27.0. The zero-order valence-electron chi connectivity index (χ0n) is 21.8. The monoisotopic (exact) mass is 540 g/mol. The molecule has 3 aromatic rings. The minimum absolute atomic E-state index is 0.0537. The van der Waals surface area contributed by atoms with Crippen LogP contribution in [0.1, 0.15) is 6.42 Å². The number of nitrogens with zero attached hydrogens (tertiary/aromatic N) is 6. The van der Waals surface area contributed by atoms with Crippen LogP contribution in [-0.4, -0.2) is 102 Å². The highest BCUT2D eigenvalue weighted by molar-refractivity contribution is 5.95. The predicted octanol–water partition coefficient (Wildman–Crippen LogP) is 0.865. The van der Waals surface area contributed by atoms with Crippen LogP contribution in [-0.2, 0) is 11.3 Å². The molecule has 14 heteroatoms. The Morgan fingerprint density at radius 3 is 2.82 bits per heavy atom. The van der Waals surface area contributed by atoms with Gasteiger partial charge in [-0.3, -0.25) is 9.47 Å². The summed E-state index contributed by atoms with van der Waals surface area (Å²) in [4.78, 5) is 31.9. The van der Waals surface area contributed by atoms with Gasteiger partial charge < -0.3 is 34.7 Å². The SMILES string of the molecule is COc1c(OCCCN2CCOCC2)ccc2c3n(c(=NC(=O)Oc4cnc(NCCO)nc4)nc12)CCN3. The van der Waals surface area contributed by atoms with Gasteiger partial charge in [-0.05, 0) is 18.6 Å². The number of fused-ring (bicyclic) bond motifs is 3. The third-order valence-corrected chi connectivity index (χ3v) is 6.31. The molecule has 4 heterocycles. The minimum Gasteiger partial charge on any atom is -0.491 e. The number of aliphatic hydroxyl groups excluding tert-OH is 1. The number of ether oxygens (including phenoxy) is 4. The number of hydrogen-bond donors (Lipinski definition) is 3. The van der Waals surface area contributed by atoms with E-state index in [2.05, 4.69) is 35.5 Å². The van der Waals surface area contributed by atoms with Gasteiger partial charge in [0.25, 0.3) is 0 Å². The summed E-state index contributed by atoms with van der Waals surface area (Å²) in [5.74, 6) is 2.27. The van der Waals surface area contributed by atoms with E-state index >= 15 is 0 Å². The van der Waals surface area contributed by atoms with Crippen molar-refractivity contribution in [3.63, 3.8) is 0 Å². The molecule has 0 bridgehead atoms. The smallest absolute Gasteiger partial charge is 0.442 e. The molecular weight excluding hydrogens is 508 g/mol. The van der Waals surface area contributed by atoms with Crippen molar-refractivity contribution in [1.29, 1.82) is 0 Å². The first-order chi connectivity index (χ1) is 19.2. The highest BCUT2D eigenvalue weighted by atomic mass is 16.5. The Bertz CT molecular complexity index is 1360. The van der Waals surface area contributed by atoms with Crippen LogP contribution < -0.4 is 30.5 Å². The van der Waals surface area contributed by atoms with E-state index in [-0.39, 0.29) is 18.0 Å². The number of benzene rings is 1. The summed E-state index contributed by atoms with van der Waals surface area (Å²) in [5.41, 5.74) is 0.704. The Hall–Kier alpha value is -4.01. The van der Waals surface area contributed by atoms with Crippen LogP contribution in [0.3, 0.4) is 0 Å². The maximum atomic E-state index is 12.7. The van der Waals surface area contributed by atoms with Gasteiger partial charge in [-0.25, -0.2) is 19.7 Å². The first-order valence-electron chi connectivity index (χ1n) is 12.9. The number of carbonyl (C=O) groups excluding carboxylic acids is 1. The lowest BCUT2D eigenvalue weighted by Crippen LogP contribution is -2.37. The van der Waals surface area contributed by atoms with Crippen molar-refractivity contribution in [2.75, 3.05) is 76.9 Å². The van der Waals surface area contributed by atoms with Gasteiger partial charge in [0.2, 0.25) is 11.6 Å². The van der Waals surface area contributed by atoms with Gasteiger partial charge in [-0.1, -0.05) is 0 Å². The van der Waals surface area contributed by atoms with Gasteiger partial charge in [0.15, 0.2) is 17.2 Å². The highest BCUT2D eigenvalue weighted by Crippen LogP contribution is 2.37. The first kappa shape index (κ1) is 26.6. The van der Waals surface area contributed by atoms with Gasteiger partial charge in [0.05, 0.1) is 45.9 Å². The number of amides is 1. The van der Waals surface area contributed by atoms with Crippen molar-refractivity contribution in [2.24, 2.45) is 4.99 Å². The Labute approximate surface area is 224 Å². The fourth-order valence-electron chi connectivity index (χ4n) is 4.47. The Balaban J connectivity index is 1.35. The molecule has 1 fully saturated rings. The molecule has 0 radical (unpaired) electrons. The largest absolute Gasteiger partial charge is 0.491 e. The molecule has 1 saturated heterocycles. The summed E-state index contributed by atoms with van der Waals surface area (Å²) in [5, 5.41) is 15.9. The van der Waals surface area contributed by atoms with Gasteiger partial charge in [-0.15, -0.1) is 4.99 Å². The molecule has 1 aromatic carbocycles. The first-order valence-corrected chi connectivity index (χ1v) is 12.9. The van der Waals surface area contributed by atoms with Crippen molar-refractivity contribution in [3.8, 4) is 17.2 Å². The van der Waals surface area contributed by atoms with Crippen molar-refractivity contribution in [2.45, 2.75) is 13.0 Å². The van der Waals surface area contributed by atoms with Crippen molar-refractivity contribution >= 4 is 28.8 Å². The lowest BCUT2D eigenvalue weighted by molar-refractivity contribution is 0.0357. The molecule has 5 rings (SSSR count). The van der Waals surface area contributed by atoms with Crippen LogP contribution in [0, 0.1) is 0 Å².